The van der Waals surface area contributed by atoms with E-state index < -0.39 is 0 Å². The summed E-state index contributed by atoms with van der Waals surface area (Å²) < 4.78 is 5.61. The van der Waals surface area contributed by atoms with Crippen LogP contribution in [0.25, 0.3) is 0 Å². The van der Waals surface area contributed by atoms with Gasteiger partial charge >= 0.3 is 5.97 Å². The molecule has 1 fully saturated rings. The first-order valence-corrected chi connectivity index (χ1v) is 8.87. The number of ether oxygens (including phenoxy) is 1. The van der Waals surface area contributed by atoms with Crippen molar-refractivity contribution in [3.63, 3.8) is 0 Å². The molecular weight excluding hydrogens is 375 g/mol. The summed E-state index contributed by atoms with van der Waals surface area (Å²) in [6.45, 7) is 7.09. The molecule has 1 aliphatic carbocycles. The Balaban J connectivity index is 1.98. The van der Waals surface area contributed by atoms with E-state index in [-0.39, 0.29) is 15.3 Å². The lowest BCUT2D eigenvalue weighted by molar-refractivity contribution is -0.152. The van der Waals surface area contributed by atoms with Gasteiger partial charge in [0.1, 0.15) is 6.61 Å². The summed E-state index contributed by atoms with van der Waals surface area (Å²) in [4.78, 5) is 12.5. The maximum Gasteiger partial charge on any atom is 0.310 e. The van der Waals surface area contributed by atoms with Gasteiger partial charge in [-0.25, -0.2) is 0 Å². The van der Waals surface area contributed by atoms with E-state index in [0.717, 1.165) is 18.4 Å². The fourth-order valence-electron chi connectivity index (χ4n) is 3.08. The van der Waals surface area contributed by atoms with Crippen molar-refractivity contribution in [2.75, 3.05) is 0 Å². The molecule has 116 valence electrons. The maximum atomic E-state index is 12.5. The number of carbonyl (C=O) groups is 1. The van der Waals surface area contributed by atoms with Crippen molar-refractivity contribution in [2.45, 2.75) is 50.1 Å². The van der Waals surface area contributed by atoms with Crippen LogP contribution in [-0.2, 0) is 16.1 Å². The first-order chi connectivity index (χ1) is 9.90. The molecule has 0 heterocycles. The fourth-order valence-corrected chi connectivity index (χ4v) is 3.90. The minimum absolute atomic E-state index is 0.0166. The zero-order valence-electron chi connectivity index (χ0n) is 13.1. The van der Waals surface area contributed by atoms with Crippen molar-refractivity contribution in [3.05, 3.63) is 35.9 Å². The van der Waals surface area contributed by atoms with Gasteiger partial charge in [0.15, 0.2) is 0 Å². The average molecular weight is 400 g/mol. The molecular formula is C18H25IO2. The minimum atomic E-state index is -0.0268. The Morgan fingerprint density at radius 2 is 2.05 bits per heavy atom. The van der Waals surface area contributed by atoms with E-state index in [1.54, 1.807) is 0 Å². The van der Waals surface area contributed by atoms with Crippen LogP contribution in [0.3, 0.4) is 0 Å². The molecule has 1 saturated carbocycles. The molecule has 1 aromatic carbocycles. The van der Waals surface area contributed by atoms with E-state index in [1.165, 1.54) is 6.42 Å². The topological polar surface area (TPSA) is 26.3 Å². The third-order valence-electron chi connectivity index (χ3n) is 4.72. The maximum absolute atomic E-state index is 12.5. The quantitative estimate of drug-likeness (QED) is 0.404. The third kappa shape index (κ3) is 4.44. The summed E-state index contributed by atoms with van der Waals surface area (Å²) in [5, 5.41) is 0. The highest BCUT2D eigenvalue weighted by Gasteiger charge is 2.43. The number of alkyl halides is 1. The largest absolute Gasteiger partial charge is 0.461 e. The highest BCUT2D eigenvalue weighted by Crippen LogP contribution is 2.45. The summed E-state index contributed by atoms with van der Waals surface area (Å²) in [5.74, 6) is 1.27. The van der Waals surface area contributed by atoms with Gasteiger partial charge in [-0.3, -0.25) is 4.79 Å². The van der Waals surface area contributed by atoms with Crippen molar-refractivity contribution < 1.29 is 9.53 Å². The lowest BCUT2D eigenvalue weighted by Gasteiger charge is -2.40. The highest BCUT2D eigenvalue weighted by atomic mass is 127. The molecule has 0 spiro atoms. The smallest absolute Gasteiger partial charge is 0.310 e. The monoisotopic (exact) mass is 400 g/mol. The van der Waals surface area contributed by atoms with Crippen LogP contribution in [0, 0.1) is 17.8 Å². The molecule has 0 aromatic heterocycles. The van der Waals surface area contributed by atoms with Gasteiger partial charge in [-0.05, 0) is 43.6 Å². The lowest BCUT2D eigenvalue weighted by atomic mass is 9.71. The van der Waals surface area contributed by atoms with Crippen molar-refractivity contribution >= 4 is 28.6 Å². The van der Waals surface area contributed by atoms with Crippen LogP contribution in [0.5, 0.6) is 0 Å². The molecule has 2 rings (SSSR count). The van der Waals surface area contributed by atoms with Crippen LogP contribution in [0.1, 0.15) is 45.6 Å². The van der Waals surface area contributed by atoms with Gasteiger partial charge in [-0.1, -0.05) is 66.8 Å². The molecule has 0 N–H and O–H groups in total. The molecule has 0 amide bonds. The van der Waals surface area contributed by atoms with E-state index >= 15 is 0 Å². The van der Waals surface area contributed by atoms with Gasteiger partial charge in [0, 0.05) is 3.42 Å². The lowest BCUT2D eigenvalue weighted by Crippen LogP contribution is -2.41. The minimum Gasteiger partial charge on any atom is -0.461 e. The molecule has 3 heteroatoms. The first kappa shape index (κ1) is 16.8. The molecule has 0 saturated heterocycles. The van der Waals surface area contributed by atoms with Gasteiger partial charge in [-0.15, -0.1) is 0 Å². The Bertz CT molecular complexity index is 467. The Labute approximate surface area is 141 Å². The normalized spacial score (nSPS) is 29.4. The summed E-state index contributed by atoms with van der Waals surface area (Å²) in [7, 11) is 0. The molecule has 1 aliphatic rings. The summed E-state index contributed by atoms with van der Waals surface area (Å²) in [5.41, 5.74) is 1.05. The molecule has 21 heavy (non-hydrogen) atoms. The summed E-state index contributed by atoms with van der Waals surface area (Å²) >= 11 is 2.46. The van der Waals surface area contributed by atoms with E-state index in [4.69, 9.17) is 4.74 Å². The van der Waals surface area contributed by atoms with Crippen LogP contribution in [0.4, 0.5) is 0 Å². The number of esters is 1. The van der Waals surface area contributed by atoms with Gasteiger partial charge in [-0.2, -0.15) is 0 Å². The van der Waals surface area contributed by atoms with Gasteiger partial charge in [0.25, 0.3) is 0 Å². The third-order valence-corrected chi connectivity index (χ3v) is 6.01. The number of halogens is 1. The molecule has 0 bridgehead atoms. The number of hydrogen-bond acceptors (Lipinski definition) is 2. The summed E-state index contributed by atoms with van der Waals surface area (Å²) in [6, 6.07) is 9.91. The van der Waals surface area contributed by atoms with E-state index in [1.807, 2.05) is 30.3 Å². The Kier molecular flexibility index (Phi) is 5.69. The molecule has 0 radical (unpaired) electrons. The molecule has 3 atom stereocenters. The molecule has 2 unspecified atom stereocenters. The molecule has 0 aliphatic heterocycles. The first-order valence-electron chi connectivity index (χ1n) is 7.79. The molecule has 2 nitrogen and oxygen atoms in total. The second-order valence-electron chi connectivity index (χ2n) is 6.70. The van der Waals surface area contributed by atoms with Crippen LogP contribution in [0.2, 0.25) is 0 Å². The van der Waals surface area contributed by atoms with Crippen molar-refractivity contribution in [1.82, 2.24) is 0 Å². The van der Waals surface area contributed by atoms with E-state index in [0.29, 0.717) is 18.4 Å². The highest BCUT2D eigenvalue weighted by molar-refractivity contribution is 14.1. The number of rotatable bonds is 4. The van der Waals surface area contributed by atoms with Crippen molar-refractivity contribution in [3.8, 4) is 0 Å². The van der Waals surface area contributed by atoms with Gasteiger partial charge in [0.05, 0.1) is 5.92 Å². The standard InChI is InChI=1S/C18H25IO2/c1-13(2)15-9-10-18(3,19)16(11-15)17(20)21-12-14-7-5-4-6-8-14/h4-8,13,15-16H,9-12H2,1-3H3/t15?,16?,18-/m0/s1. The predicted molar refractivity (Wildman–Crippen MR) is 94.3 cm³/mol. The Morgan fingerprint density at radius 3 is 2.67 bits per heavy atom. The fraction of sp³-hybridized carbons (Fsp3) is 0.611. The second kappa shape index (κ2) is 7.12. The zero-order chi connectivity index (χ0) is 15.5. The predicted octanol–water partition coefficient (Wildman–Crippen LogP) is 5.00. The van der Waals surface area contributed by atoms with Crippen LogP contribution in [0.15, 0.2) is 30.3 Å². The number of benzene rings is 1. The van der Waals surface area contributed by atoms with Crippen LogP contribution < -0.4 is 0 Å². The SMILES string of the molecule is CC(C)C1CC[C@](C)(I)C(C(=O)OCc2ccccc2)C1. The second-order valence-corrected chi connectivity index (χ2v) is 9.17. The Hall–Kier alpha value is -0.580. The Morgan fingerprint density at radius 1 is 1.38 bits per heavy atom. The zero-order valence-corrected chi connectivity index (χ0v) is 15.3. The number of hydrogen-bond donors (Lipinski definition) is 0. The van der Waals surface area contributed by atoms with Crippen molar-refractivity contribution in [1.29, 1.82) is 0 Å². The van der Waals surface area contributed by atoms with E-state index in [9.17, 15) is 4.79 Å². The van der Waals surface area contributed by atoms with Gasteiger partial charge < -0.3 is 4.74 Å². The van der Waals surface area contributed by atoms with Gasteiger partial charge in [0.2, 0.25) is 0 Å². The summed E-state index contributed by atoms with van der Waals surface area (Å²) in [6.07, 6.45) is 3.28. The number of carbonyl (C=O) groups excluding carboxylic acids is 1. The van der Waals surface area contributed by atoms with Crippen LogP contribution >= 0.6 is 22.6 Å². The van der Waals surface area contributed by atoms with Crippen LogP contribution in [-0.4, -0.2) is 9.39 Å². The average Bonchev–Trinajstić information content (AvgIpc) is 2.45. The van der Waals surface area contributed by atoms with Crippen molar-refractivity contribution in [2.24, 2.45) is 17.8 Å². The molecule has 1 aromatic rings. The van der Waals surface area contributed by atoms with E-state index in [2.05, 4.69) is 43.4 Å².